The van der Waals surface area contributed by atoms with Crippen molar-refractivity contribution in [3.8, 4) is 11.5 Å². The number of ether oxygens (including phenoxy) is 2. The van der Waals surface area contributed by atoms with Crippen LogP contribution in [0.25, 0.3) is 0 Å². The number of amides is 1. The smallest absolute Gasteiger partial charge is 0.224 e. The van der Waals surface area contributed by atoms with E-state index in [0.717, 1.165) is 16.0 Å². The summed E-state index contributed by atoms with van der Waals surface area (Å²) in [5, 5.41) is 3.29. The summed E-state index contributed by atoms with van der Waals surface area (Å²) in [5.41, 5.74) is 0.607. The van der Waals surface area contributed by atoms with E-state index in [1.54, 1.807) is 19.2 Å². The summed E-state index contributed by atoms with van der Waals surface area (Å²) in [7, 11) is 1.62. The van der Waals surface area contributed by atoms with Crippen molar-refractivity contribution >= 4 is 39.1 Å². The van der Waals surface area contributed by atoms with Crippen LogP contribution in [0.4, 0.5) is 5.69 Å². The molecule has 122 valence electrons. The quantitative estimate of drug-likeness (QED) is 0.674. The zero-order valence-corrected chi connectivity index (χ0v) is 15.0. The van der Waals surface area contributed by atoms with Crippen molar-refractivity contribution in [1.82, 2.24) is 0 Å². The van der Waals surface area contributed by atoms with E-state index in [9.17, 15) is 4.79 Å². The Kier molecular flexibility index (Phi) is 6.74. The van der Waals surface area contributed by atoms with Crippen LogP contribution in [0, 0.1) is 0 Å². The predicted octanol–water partition coefficient (Wildman–Crippen LogP) is 4.91. The Balaban J connectivity index is 1.72. The predicted molar refractivity (Wildman–Crippen MR) is 95.5 cm³/mol. The van der Waals surface area contributed by atoms with Crippen LogP contribution >= 0.6 is 27.5 Å². The standard InChI is InChI=1S/C17H17BrClNO3/c1-22-13-5-7-14(8-6-13)23-10-2-3-17(21)20-16-9-4-12(18)11-15(16)19/h4-9,11H,2-3,10H2,1H3,(H,20,21). The molecule has 0 aliphatic carbocycles. The second-order valence-corrected chi connectivity index (χ2v) is 6.12. The average Bonchev–Trinajstić information content (AvgIpc) is 2.55. The molecule has 0 bridgehead atoms. The molecule has 0 saturated carbocycles. The van der Waals surface area contributed by atoms with Gasteiger partial charge in [-0.1, -0.05) is 27.5 Å². The van der Waals surface area contributed by atoms with E-state index < -0.39 is 0 Å². The number of hydrogen-bond donors (Lipinski definition) is 1. The minimum atomic E-state index is -0.0902. The highest BCUT2D eigenvalue weighted by Crippen LogP contribution is 2.25. The van der Waals surface area contributed by atoms with Gasteiger partial charge in [-0.05, 0) is 48.9 Å². The molecule has 0 aliphatic rings. The summed E-state index contributed by atoms with van der Waals surface area (Å²) in [6, 6.07) is 12.7. The Hall–Kier alpha value is -1.72. The Morgan fingerprint density at radius 3 is 2.52 bits per heavy atom. The number of nitrogens with one attached hydrogen (secondary N) is 1. The number of carbonyl (C=O) groups is 1. The lowest BCUT2D eigenvalue weighted by Crippen LogP contribution is -2.13. The van der Waals surface area contributed by atoms with Gasteiger partial charge in [0.25, 0.3) is 0 Å². The molecule has 0 aliphatic heterocycles. The van der Waals surface area contributed by atoms with Crippen molar-refractivity contribution in [3.63, 3.8) is 0 Å². The molecular weight excluding hydrogens is 382 g/mol. The molecule has 0 aromatic heterocycles. The van der Waals surface area contributed by atoms with Gasteiger partial charge < -0.3 is 14.8 Å². The first kappa shape index (κ1) is 17.6. The number of carbonyl (C=O) groups excluding carboxylic acids is 1. The van der Waals surface area contributed by atoms with Crippen molar-refractivity contribution in [2.75, 3.05) is 19.0 Å². The van der Waals surface area contributed by atoms with E-state index >= 15 is 0 Å². The first-order chi connectivity index (χ1) is 11.1. The Labute approximate surface area is 148 Å². The average molecular weight is 399 g/mol. The second kappa shape index (κ2) is 8.79. The van der Waals surface area contributed by atoms with Gasteiger partial charge in [0.05, 0.1) is 24.4 Å². The van der Waals surface area contributed by atoms with E-state index in [4.69, 9.17) is 21.1 Å². The molecule has 4 nitrogen and oxygen atoms in total. The molecule has 0 unspecified atom stereocenters. The Bertz CT molecular complexity index is 661. The molecule has 23 heavy (non-hydrogen) atoms. The van der Waals surface area contributed by atoms with Gasteiger partial charge in [-0.3, -0.25) is 4.79 Å². The summed E-state index contributed by atoms with van der Waals surface area (Å²) >= 11 is 9.38. The minimum absolute atomic E-state index is 0.0902. The lowest BCUT2D eigenvalue weighted by molar-refractivity contribution is -0.116. The van der Waals surface area contributed by atoms with Crippen LogP contribution in [-0.4, -0.2) is 19.6 Å². The van der Waals surface area contributed by atoms with E-state index in [-0.39, 0.29) is 5.91 Å². The van der Waals surface area contributed by atoms with Crippen LogP contribution in [0.1, 0.15) is 12.8 Å². The van der Waals surface area contributed by atoms with E-state index in [1.165, 1.54) is 0 Å². The van der Waals surface area contributed by atoms with Crippen LogP contribution < -0.4 is 14.8 Å². The monoisotopic (exact) mass is 397 g/mol. The molecular formula is C17H17BrClNO3. The molecule has 0 spiro atoms. The maximum atomic E-state index is 11.9. The lowest BCUT2D eigenvalue weighted by atomic mass is 10.2. The summed E-state index contributed by atoms with van der Waals surface area (Å²) in [6.07, 6.45) is 0.981. The highest BCUT2D eigenvalue weighted by molar-refractivity contribution is 9.10. The van der Waals surface area contributed by atoms with Crippen LogP contribution in [0.5, 0.6) is 11.5 Å². The number of benzene rings is 2. The summed E-state index contributed by atoms with van der Waals surface area (Å²) in [4.78, 5) is 11.9. The van der Waals surface area contributed by atoms with Gasteiger partial charge in [-0.15, -0.1) is 0 Å². The second-order valence-electron chi connectivity index (χ2n) is 4.80. The molecule has 0 radical (unpaired) electrons. The first-order valence-electron chi connectivity index (χ1n) is 7.10. The fourth-order valence-corrected chi connectivity index (χ4v) is 2.62. The molecule has 0 saturated heterocycles. The van der Waals surface area contributed by atoms with Crippen molar-refractivity contribution in [2.24, 2.45) is 0 Å². The third-order valence-electron chi connectivity index (χ3n) is 3.08. The molecule has 2 aromatic carbocycles. The molecule has 0 atom stereocenters. The largest absolute Gasteiger partial charge is 0.497 e. The fraction of sp³-hybridized carbons (Fsp3) is 0.235. The van der Waals surface area contributed by atoms with E-state index in [0.29, 0.717) is 30.2 Å². The molecule has 0 heterocycles. The van der Waals surface area contributed by atoms with Crippen molar-refractivity contribution in [1.29, 1.82) is 0 Å². The van der Waals surface area contributed by atoms with Crippen LogP contribution in [0.2, 0.25) is 5.02 Å². The zero-order chi connectivity index (χ0) is 16.7. The van der Waals surface area contributed by atoms with Gasteiger partial charge >= 0.3 is 0 Å². The first-order valence-corrected chi connectivity index (χ1v) is 8.27. The zero-order valence-electron chi connectivity index (χ0n) is 12.6. The maximum absolute atomic E-state index is 11.9. The molecule has 2 rings (SSSR count). The fourth-order valence-electron chi connectivity index (χ4n) is 1.90. The Morgan fingerprint density at radius 2 is 1.87 bits per heavy atom. The third-order valence-corrected chi connectivity index (χ3v) is 3.89. The number of methoxy groups -OCH3 is 1. The SMILES string of the molecule is COc1ccc(OCCCC(=O)Nc2ccc(Br)cc2Cl)cc1. The van der Waals surface area contributed by atoms with Gasteiger partial charge in [-0.2, -0.15) is 0 Å². The van der Waals surface area contributed by atoms with Crippen LogP contribution in [-0.2, 0) is 4.79 Å². The molecule has 0 fully saturated rings. The van der Waals surface area contributed by atoms with Gasteiger partial charge in [0.15, 0.2) is 0 Å². The summed E-state index contributed by atoms with van der Waals surface area (Å²) in [6.45, 7) is 0.466. The van der Waals surface area contributed by atoms with E-state index in [2.05, 4.69) is 21.2 Å². The number of halogens is 2. The van der Waals surface area contributed by atoms with Gasteiger partial charge in [0, 0.05) is 10.9 Å². The molecule has 6 heteroatoms. The highest BCUT2D eigenvalue weighted by atomic mass is 79.9. The normalized spacial score (nSPS) is 10.2. The van der Waals surface area contributed by atoms with Crippen LogP contribution in [0.15, 0.2) is 46.9 Å². The summed E-state index contributed by atoms with van der Waals surface area (Å²) in [5.74, 6) is 1.44. The molecule has 1 amide bonds. The van der Waals surface area contributed by atoms with Gasteiger partial charge in [0.1, 0.15) is 11.5 Å². The number of rotatable bonds is 7. The summed E-state index contributed by atoms with van der Waals surface area (Å²) < 4.78 is 11.5. The Morgan fingerprint density at radius 1 is 1.17 bits per heavy atom. The molecule has 1 N–H and O–H groups in total. The third kappa shape index (κ3) is 5.77. The molecule has 2 aromatic rings. The van der Waals surface area contributed by atoms with Crippen molar-refractivity contribution < 1.29 is 14.3 Å². The van der Waals surface area contributed by atoms with Crippen molar-refractivity contribution in [3.05, 3.63) is 52.0 Å². The lowest BCUT2D eigenvalue weighted by Gasteiger charge is -2.09. The number of anilines is 1. The van der Waals surface area contributed by atoms with Crippen molar-refractivity contribution in [2.45, 2.75) is 12.8 Å². The van der Waals surface area contributed by atoms with Gasteiger partial charge in [0.2, 0.25) is 5.91 Å². The minimum Gasteiger partial charge on any atom is -0.497 e. The van der Waals surface area contributed by atoms with Crippen LogP contribution in [0.3, 0.4) is 0 Å². The van der Waals surface area contributed by atoms with Gasteiger partial charge in [-0.25, -0.2) is 0 Å². The topological polar surface area (TPSA) is 47.6 Å². The number of hydrogen-bond acceptors (Lipinski definition) is 3. The maximum Gasteiger partial charge on any atom is 0.224 e. The highest BCUT2D eigenvalue weighted by Gasteiger charge is 2.06. The van der Waals surface area contributed by atoms with E-state index in [1.807, 2.05) is 30.3 Å².